The topological polar surface area (TPSA) is 128 Å². The third-order valence-electron chi connectivity index (χ3n) is 6.31. The summed E-state index contributed by atoms with van der Waals surface area (Å²) < 4.78 is 47.1. The van der Waals surface area contributed by atoms with Crippen molar-refractivity contribution in [3.8, 4) is 0 Å². The lowest BCUT2D eigenvalue weighted by Gasteiger charge is -2.22. The van der Waals surface area contributed by atoms with Crippen LogP contribution in [0.2, 0.25) is 25.7 Å². The second kappa shape index (κ2) is 12.7. The van der Waals surface area contributed by atoms with E-state index in [0.717, 1.165) is 17.0 Å². The minimum absolute atomic E-state index is 0.0213. The predicted octanol–water partition coefficient (Wildman–Crippen LogP) is 4.91. The number of nitrogens with two attached hydrogens (primary N) is 1. The maximum Gasteiger partial charge on any atom is 0.433 e. The van der Waals surface area contributed by atoms with Crippen LogP contribution in [-0.2, 0) is 40.3 Å². The summed E-state index contributed by atoms with van der Waals surface area (Å²) in [6.45, 7) is 6.97. The van der Waals surface area contributed by atoms with Crippen LogP contribution in [0.25, 0.3) is 10.9 Å². The fourth-order valence-corrected chi connectivity index (χ4v) is 4.84. The second-order valence-corrected chi connectivity index (χ2v) is 16.5. The highest BCUT2D eigenvalue weighted by Crippen LogP contribution is 2.28. The Bertz CT molecular complexity index is 1560. The Morgan fingerprint density at radius 1 is 1.05 bits per heavy atom. The number of nitrogen functional groups attached to an aromatic ring is 1. The molecule has 0 aliphatic rings. The molecule has 0 fully saturated rings. The fourth-order valence-electron chi connectivity index (χ4n) is 4.08. The van der Waals surface area contributed by atoms with E-state index in [-0.39, 0.29) is 37.0 Å². The predicted molar refractivity (Wildman–Crippen MR) is 155 cm³/mol. The fraction of sp³-hybridized carbons (Fsp3) is 0.321. The van der Waals surface area contributed by atoms with E-state index in [4.69, 9.17) is 10.5 Å². The summed E-state index contributed by atoms with van der Waals surface area (Å²) in [5, 5.41) is 7.36. The van der Waals surface area contributed by atoms with Gasteiger partial charge in [0.15, 0.2) is 0 Å². The van der Waals surface area contributed by atoms with Gasteiger partial charge in [-0.25, -0.2) is 14.6 Å². The van der Waals surface area contributed by atoms with Crippen LogP contribution < -0.4 is 11.1 Å². The Balaban J connectivity index is 1.57. The number of amides is 2. The average Bonchev–Trinajstić information content (AvgIpc) is 3.37. The van der Waals surface area contributed by atoms with Crippen molar-refractivity contribution < 1.29 is 27.5 Å². The van der Waals surface area contributed by atoms with Gasteiger partial charge in [-0.15, -0.1) is 0 Å². The van der Waals surface area contributed by atoms with E-state index in [1.807, 2.05) is 0 Å². The molecule has 0 saturated carbocycles. The first-order chi connectivity index (χ1) is 19.8. The standard InChI is InChI=1S/C28H32F3N7O3Si/c1-42(2,3)13-12-41-18-38-24-21(14-34-38)25(32)33-15-22(24)36-26(39)27(40)37(16-19-8-5-4-6-9-19)17-20-10-7-11-23(35-20)28(29,30)31/h4-11,14-15H,12-13,16-18H2,1-3H3,(H2,32,33)(H,36,39). The van der Waals surface area contributed by atoms with Crippen LogP contribution in [0, 0.1) is 0 Å². The zero-order valence-electron chi connectivity index (χ0n) is 23.5. The van der Waals surface area contributed by atoms with Crippen molar-refractivity contribution in [2.24, 2.45) is 0 Å². The van der Waals surface area contributed by atoms with Gasteiger partial charge in [-0.3, -0.25) is 9.59 Å². The van der Waals surface area contributed by atoms with Gasteiger partial charge in [0.2, 0.25) is 0 Å². The molecule has 14 heteroatoms. The summed E-state index contributed by atoms with van der Waals surface area (Å²) in [5.74, 6) is -1.80. The summed E-state index contributed by atoms with van der Waals surface area (Å²) >= 11 is 0. The largest absolute Gasteiger partial charge is 0.433 e. The SMILES string of the molecule is C[Si](C)(C)CCOCn1ncc2c(N)ncc(NC(=O)C(=O)N(Cc3ccccc3)Cc3cccc(C(F)(F)F)n3)c21. The molecular weight excluding hydrogens is 567 g/mol. The molecule has 0 unspecified atom stereocenters. The maximum absolute atomic E-state index is 13.4. The number of benzene rings is 1. The molecule has 222 valence electrons. The number of fused-ring (bicyclic) bond motifs is 1. The van der Waals surface area contributed by atoms with Crippen molar-refractivity contribution in [2.45, 2.75) is 51.7 Å². The molecule has 42 heavy (non-hydrogen) atoms. The molecule has 0 bridgehead atoms. The molecule has 0 saturated heterocycles. The molecule has 3 aromatic heterocycles. The molecule has 0 aliphatic heterocycles. The van der Waals surface area contributed by atoms with Crippen LogP contribution in [0.3, 0.4) is 0 Å². The summed E-state index contributed by atoms with van der Waals surface area (Å²) in [5.41, 5.74) is 6.20. The molecule has 0 spiro atoms. The number of aromatic nitrogens is 4. The van der Waals surface area contributed by atoms with Gasteiger partial charge in [-0.1, -0.05) is 56.0 Å². The number of carbonyl (C=O) groups excluding carboxylic acids is 2. The zero-order valence-corrected chi connectivity index (χ0v) is 24.5. The highest BCUT2D eigenvalue weighted by molar-refractivity contribution is 6.76. The number of pyridine rings is 2. The van der Waals surface area contributed by atoms with Crippen molar-refractivity contribution in [1.29, 1.82) is 0 Å². The third-order valence-corrected chi connectivity index (χ3v) is 8.01. The van der Waals surface area contributed by atoms with E-state index in [1.165, 1.54) is 29.2 Å². The van der Waals surface area contributed by atoms with Crippen molar-refractivity contribution in [3.63, 3.8) is 0 Å². The first-order valence-electron chi connectivity index (χ1n) is 13.2. The number of alkyl halides is 3. The summed E-state index contributed by atoms with van der Waals surface area (Å²) in [4.78, 5) is 35.6. The quantitative estimate of drug-likeness (QED) is 0.151. The van der Waals surface area contributed by atoms with E-state index in [2.05, 4.69) is 40.0 Å². The van der Waals surface area contributed by atoms with Crippen LogP contribution >= 0.6 is 0 Å². The molecule has 3 heterocycles. The number of ether oxygens (including phenoxy) is 1. The first-order valence-corrected chi connectivity index (χ1v) is 16.9. The van der Waals surface area contributed by atoms with Crippen molar-refractivity contribution in [1.82, 2.24) is 24.6 Å². The van der Waals surface area contributed by atoms with Crippen molar-refractivity contribution in [3.05, 3.63) is 77.9 Å². The van der Waals surface area contributed by atoms with E-state index in [0.29, 0.717) is 23.1 Å². The molecule has 1 aromatic carbocycles. The highest BCUT2D eigenvalue weighted by atomic mass is 28.3. The van der Waals surface area contributed by atoms with Crippen LogP contribution in [-0.4, -0.2) is 51.1 Å². The number of hydrogen-bond acceptors (Lipinski definition) is 7. The Morgan fingerprint density at radius 3 is 2.48 bits per heavy atom. The average molecular weight is 600 g/mol. The number of rotatable bonds is 10. The lowest BCUT2D eigenvalue weighted by molar-refractivity contribution is -0.144. The third kappa shape index (κ3) is 7.91. The molecule has 3 N–H and O–H groups in total. The van der Waals surface area contributed by atoms with Gasteiger partial charge < -0.3 is 20.7 Å². The molecule has 4 aromatic rings. The number of carbonyl (C=O) groups is 2. The Labute approximate surface area is 241 Å². The molecule has 0 radical (unpaired) electrons. The van der Waals surface area contributed by atoms with Gasteiger partial charge in [-0.2, -0.15) is 18.3 Å². The van der Waals surface area contributed by atoms with Crippen LogP contribution in [0.15, 0.2) is 60.9 Å². The van der Waals surface area contributed by atoms with Gasteiger partial charge in [0.25, 0.3) is 0 Å². The molecule has 2 amide bonds. The maximum atomic E-state index is 13.4. The number of nitrogens with zero attached hydrogens (tertiary/aromatic N) is 5. The Morgan fingerprint density at radius 2 is 1.79 bits per heavy atom. The van der Waals surface area contributed by atoms with Crippen molar-refractivity contribution >= 4 is 42.3 Å². The molecule has 0 atom stereocenters. The smallest absolute Gasteiger partial charge is 0.383 e. The summed E-state index contributed by atoms with van der Waals surface area (Å²) in [6.07, 6.45) is -1.84. The second-order valence-electron chi connectivity index (χ2n) is 10.9. The van der Waals surface area contributed by atoms with Gasteiger partial charge in [-0.05, 0) is 23.7 Å². The van der Waals surface area contributed by atoms with E-state index >= 15 is 0 Å². The highest BCUT2D eigenvalue weighted by Gasteiger charge is 2.33. The number of nitrogens with one attached hydrogen (secondary N) is 1. The van der Waals surface area contributed by atoms with Crippen LogP contribution in [0.5, 0.6) is 0 Å². The molecular formula is C28H32F3N7O3Si. The van der Waals surface area contributed by atoms with Gasteiger partial charge in [0, 0.05) is 21.2 Å². The lowest BCUT2D eigenvalue weighted by atomic mass is 10.2. The first kappa shape index (κ1) is 30.7. The number of halogens is 3. The van der Waals surface area contributed by atoms with E-state index in [9.17, 15) is 22.8 Å². The van der Waals surface area contributed by atoms with E-state index in [1.54, 1.807) is 30.3 Å². The normalized spacial score (nSPS) is 12.0. The van der Waals surface area contributed by atoms with Gasteiger partial charge in [0.05, 0.1) is 41.2 Å². The number of anilines is 2. The summed E-state index contributed by atoms with van der Waals surface area (Å²) in [6, 6.07) is 13.1. The van der Waals surface area contributed by atoms with Gasteiger partial charge in [0.1, 0.15) is 18.2 Å². The molecule has 10 nitrogen and oxygen atoms in total. The minimum atomic E-state index is -4.66. The van der Waals surface area contributed by atoms with E-state index < -0.39 is 31.8 Å². The van der Waals surface area contributed by atoms with Gasteiger partial charge >= 0.3 is 18.0 Å². The zero-order chi connectivity index (χ0) is 30.5. The Kier molecular flexibility index (Phi) is 9.26. The number of hydrogen-bond donors (Lipinski definition) is 2. The molecule has 4 rings (SSSR count). The molecule has 0 aliphatic carbocycles. The van der Waals surface area contributed by atoms with Crippen molar-refractivity contribution in [2.75, 3.05) is 17.7 Å². The summed E-state index contributed by atoms with van der Waals surface area (Å²) in [7, 11) is -1.31. The Hall–Kier alpha value is -4.30. The lowest BCUT2D eigenvalue weighted by Crippen LogP contribution is -2.39. The monoisotopic (exact) mass is 599 g/mol. The minimum Gasteiger partial charge on any atom is -0.383 e. The van der Waals surface area contributed by atoms with Crippen LogP contribution in [0.1, 0.15) is 17.0 Å². The van der Waals surface area contributed by atoms with Crippen LogP contribution in [0.4, 0.5) is 24.7 Å².